The predicted molar refractivity (Wildman–Crippen MR) is 94.4 cm³/mol. The highest BCUT2D eigenvalue weighted by atomic mass is 35.5. The van der Waals surface area contributed by atoms with Crippen LogP contribution in [-0.4, -0.2) is 26.4 Å². The third kappa shape index (κ3) is 3.81. The number of benzene rings is 2. The Morgan fingerprint density at radius 1 is 1.20 bits per heavy atom. The Morgan fingerprint density at radius 2 is 2.00 bits per heavy atom. The summed E-state index contributed by atoms with van der Waals surface area (Å²) in [5.41, 5.74) is 0.640. The van der Waals surface area contributed by atoms with Crippen molar-refractivity contribution < 1.29 is 9.72 Å². The molecule has 3 rings (SSSR count). The first kappa shape index (κ1) is 17.4. The summed E-state index contributed by atoms with van der Waals surface area (Å²) in [6.45, 7) is 0. The fourth-order valence-electron chi connectivity index (χ4n) is 2.03. The lowest BCUT2D eigenvalue weighted by atomic mass is 10.2. The first-order chi connectivity index (χ1) is 12.0. The van der Waals surface area contributed by atoms with Crippen molar-refractivity contribution in [2.45, 2.75) is 10.1 Å². The van der Waals surface area contributed by atoms with Gasteiger partial charge in [-0.1, -0.05) is 29.3 Å². The SMILES string of the molecule is O=Cc1ccc(Sc2n[nH]c(-c3ccc(Cl)cc3Cl)n2)c([N+](=O)[O-])c1. The minimum atomic E-state index is -0.557. The van der Waals surface area contributed by atoms with Crippen molar-refractivity contribution in [3.8, 4) is 11.4 Å². The van der Waals surface area contributed by atoms with Gasteiger partial charge in [0.1, 0.15) is 6.29 Å². The van der Waals surface area contributed by atoms with Gasteiger partial charge in [0.25, 0.3) is 5.69 Å². The normalized spacial score (nSPS) is 10.6. The molecule has 126 valence electrons. The summed E-state index contributed by atoms with van der Waals surface area (Å²) in [7, 11) is 0. The molecule has 0 amide bonds. The third-order valence-corrected chi connectivity index (χ3v) is 4.65. The van der Waals surface area contributed by atoms with Gasteiger partial charge >= 0.3 is 0 Å². The van der Waals surface area contributed by atoms with Gasteiger partial charge in [-0.05, 0) is 36.0 Å². The van der Waals surface area contributed by atoms with Crippen LogP contribution >= 0.6 is 35.0 Å². The van der Waals surface area contributed by atoms with Gasteiger partial charge in [-0.3, -0.25) is 20.0 Å². The zero-order valence-electron chi connectivity index (χ0n) is 12.3. The Hall–Kier alpha value is -2.42. The molecule has 1 aromatic heterocycles. The number of rotatable bonds is 5. The molecule has 3 aromatic rings. The van der Waals surface area contributed by atoms with Gasteiger partial charge in [-0.25, -0.2) is 4.98 Å². The molecule has 0 atom stereocenters. The summed E-state index contributed by atoms with van der Waals surface area (Å²) in [5.74, 6) is 0.413. The molecule has 0 bridgehead atoms. The van der Waals surface area contributed by atoms with Crippen molar-refractivity contribution in [1.82, 2.24) is 15.2 Å². The molecule has 0 saturated heterocycles. The number of nitro benzene ring substituents is 1. The van der Waals surface area contributed by atoms with Crippen LogP contribution in [0.3, 0.4) is 0 Å². The molecule has 0 aliphatic heterocycles. The standard InChI is InChI=1S/C15H8Cl2N4O3S/c16-9-2-3-10(11(17)6-9)14-18-15(20-19-14)25-13-4-1-8(7-22)5-12(13)21(23)24/h1-7H,(H,18,19,20). The molecular weight excluding hydrogens is 387 g/mol. The number of nitrogens with zero attached hydrogens (tertiary/aromatic N) is 3. The zero-order valence-corrected chi connectivity index (χ0v) is 14.6. The van der Waals surface area contributed by atoms with E-state index in [1.54, 1.807) is 18.2 Å². The maximum atomic E-state index is 11.2. The molecule has 0 fully saturated rings. The molecule has 2 aromatic carbocycles. The second-order valence-corrected chi connectivity index (χ2v) is 6.65. The smallest absolute Gasteiger partial charge is 0.284 e. The van der Waals surface area contributed by atoms with Crippen molar-refractivity contribution in [1.29, 1.82) is 0 Å². The van der Waals surface area contributed by atoms with Crippen LogP contribution in [0.15, 0.2) is 46.5 Å². The summed E-state index contributed by atoms with van der Waals surface area (Å²) < 4.78 is 0. The number of halogens is 2. The maximum absolute atomic E-state index is 11.2. The van der Waals surface area contributed by atoms with Gasteiger partial charge < -0.3 is 0 Å². The molecule has 1 N–H and O–H groups in total. The third-order valence-electron chi connectivity index (χ3n) is 3.17. The van der Waals surface area contributed by atoms with Gasteiger partial charge in [0.2, 0.25) is 5.16 Å². The first-order valence-corrected chi connectivity index (χ1v) is 8.34. The van der Waals surface area contributed by atoms with Crippen LogP contribution in [0.25, 0.3) is 11.4 Å². The van der Waals surface area contributed by atoms with E-state index in [1.165, 1.54) is 18.2 Å². The van der Waals surface area contributed by atoms with Crippen molar-refractivity contribution in [2.24, 2.45) is 0 Å². The minimum absolute atomic E-state index is 0.189. The Labute approximate surface area is 155 Å². The molecule has 0 unspecified atom stereocenters. The van der Waals surface area contributed by atoms with Gasteiger partial charge in [0.05, 0.1) is 14.8 Å². The Morgan fingerprint density at radius 3 is 2.68 bits per heavy atom. The summed E-state index contributed by atoms with van der Waals surface area (Å²) in [6, 6.07) is 9.13. The summed E-state index contributed by atoms with van der Waals surface area (Å²) in [6.07, 6.45) is 0.550. The fourth-order valence-corrected chi connectivity index (χ4v) is 3.33. The average molecular weight is 395 g/mol. The highest BCUT2D eigenvalue weighted by molar-refractivity contribution is 7.99. The van der Waals surface area contributed by atoms with E-state index in [2.05, 4.69) is 15.2 Å². The van der Waals surface area contributed by atoms with E-state index in [0.717, 1.165) is 11.8 Å². The van der Waals surface area contributed by atoms with Crippen molar-refractivity contribution in [2.75, 3.05) is 0 Å². The van der Waals surface area contributed by atoms with Crippen molar-refractivity contribution in [3.05, 3.63) is 62.1 Å². The molecule has 1 heterocycles. The van der Waals surface area contributed by atoms with E-state index >= 15 is 0 Å². The van der Waals surface area contributed by atoms with Gasteiger partial charge in [0.15, 0.2) is 5.82 Å². The highest BCUT2D eigenvalue weighted by Gasteiger charge is 2.18. The Bertz CT molecular complexity index is 977. The van der Waals surface area contributed by atoms with E-state index in [0.29, 0.717) is 32.6 Å². The summed E-state index contributed by atoms with van der Waals surface area (Å²) >= 11 is 13.0. The van der Waals surface area contributed by atoms with Crippen molar-refractivity contribution >= 4 is 46.9 Å². The minimum Gasteiger partial charge on any atom is -0.298 e. The predicted octanol–water partition coefficient (Wildman–Crippen LogP) is 4.65. The van der Waals surface area contributed by atoms with Gasteiger partial charge in [-0.2, -0.15) is 0 Å². The molecule has 0 spiro atoms. The van der Waals surface area contributed by atoms with Crippen LogP contribution in [0, 0.1) is 10.1 Å². The molecule has 10 heteroatoms. The zero-order chi connectivity index (χ0) is 18.0. The molecular formula is C15H8Cl2N4O3S. The molecule has 7 nitrogen and oxygen atoms in total. The van der Waals surface area contributed by atoms with Crippen LogP contribution in [-0.2, 0) is 0 Å². The topological polar surface area (TPSA) is 102 Å². The maximum Gasteiger partial charge on any atom is 0.284 e. The lowest BCUT2D eigenvalue weighted by molar-refractivity contribution is -0.387. The number of hydrogen-bond donors (Lipinski definition) is 1. The van der Waals surface area contributed by atoms with Gasteiger partial charge in [-0.15, -0.1) is 5.10 Å². The largest absolute Gasteiger partial charge is 0.298 e. The molecule has 0 aliphatic rings. The Kier molecular flexibility index (Phi) is 5.03. The first-order valence-electron chi connectivity index (χ1n) is 6.77. The van der Waals surface area contributed by atoms with Crippen LogP contribution in [0.5, 0.6) is 0 Å². The number of carbonyl (C=O) groups excluding carboxylic acids is 1. The lowest BCUT2D eigenvalue weighted by Crippen LogP contribution is -1.93. The molecule has 25 heavy (non-hydrogen) atoms. The molecule has 0 radical (unpaired) electrons. The highest BCUT2D eigenvalue weighted by Crippen LogP contribution is 2.35. The number of aldehydes is 1. The average Bonchev–Trinajstić information content (AvgIpc) is 3.03. The monoisotopic (exact) mass is 394 g/mol. The van der Waals surface area contributed by atoms with Gasteiger partial charge in [0, 0.05) is 22.2 Å². The number of nitrogens with one attached hydrogen (secondary N) is 1. The lowest BCUT2D eigenvalue weighted by Gasteiger charge is -2.01. The van der Waals surface area contributed by atoms with E-state index in [1.807, 2.05) is 0 Å². The van der Waals surface area contributed by atoms with E-state index < -0.39 is 4.92 Å². The quantitative estimate of drug-likeness (QED) is 0.383. The van der Waals surface area contributed by atoms with E-state index in [4.69, 9.17) is 23.2 Å². The fraction of sp³-hybridized carbons (Fsp3) is 0. The van der Waals surface area contributed by atoms with Crippen LogP contribution in [0.4, 0.5) is 5.69 Å². The number of nitro groups is 1. The number of H-pyrrole nitrogens is 1. The number of aromatic nitrogens is 3. The summed E-state index contributed by atoms with van der Waals surface area (Å²) in [4.78, 5) is 26.0. The second kappa shape index (κ2) is 7.22. The summed E-state index contributed by atoms with van der Waals surface area (Å²) in [5, 5.41) is 19.1. The van der Waals surface area contributed by atoms with E-state index in [9.17, 15) is 14.9 Å². The van der Waals surface area contributed by atoms with Crippen LogP contribution in [0.2, 0.25) is 10.0 Å². The second-order valence-electron chi connectivity index (χ2n) is 4.79. The molecule has 0 aliphatic carbocycles. The van der Waals surface area contributed by atoms with E-state index in [-0.39, 0.29) is 16.4 Å². The van der Waals surface area contributed by atoms with Crippen molar-refractivity contribution in [3.63, 3.8) is 0 Å². The van der Waals surface area contributed by atoms with Crippen LogP contribution in [0.1, 0.15) is 10.4 Å². The number of carbonyl (C=O) groups is 1. The number of hydrogen-bond acceptors (Lipinski definition) is 6. The Balaban J connectivity index is 1.91. The van der Waals surface area contributed by atoms with Crippen LogP contribution < -0.4 is 0 Å². The number of aromatic amines is 1. The molecule has 0 saturated carbocycles.